The number of nitrogens with zero attached hydrogens (tertiary/aromatic N) is 3. The van der Waals surface area contributed by atoms with Crippen molar-refractivity contribution in [3.63, 3.8) is 0 Å². The van der Waals surface area contributed by atoms with Crippen LogP contribution >= 0.6 is 0 Å². The van der Waals surface area contributed by atoms with Gasteiger partial charge >= 0.3 is 0 Å². The van der Waals surface area contributed by atoms with Crippen LogP contribution in [0.25, 0.3) is 0 Å². The van der Waals surface area contributed by atoms with Gasteiger partial charge in [-0.3, -0.25) is 14.7 Å². The molecule has 0 amide bonds. The van der Waals surface area contributed by atoms with Gasteiger partial charge in [0.05, 0.1) is 21.2 Å². The summed E-state index contributed by atoms with van der Waals surface area (Å²) in [6.45, 7) is 1.84. The standard InChI is InChI=1S/C12H9N3O2.C7H8O3S/c16-15(17)12-8-6-11(7-9-12)14-13-10-4-2-1-3-5-10;1-6-2-4-7(5-3-6)11(8,9)10/h1-9H;2-5H,1H3,(H,8,9,10). The van der Waals surface area contributed by atoms with Crippen molar-refractivity contribution in [3.05, 3.63) is 94.5 Å². The van der Waals surface area contributed by atoms with Gasteiger partial charge in [0, 0.05) is 12.1 Å². The van der Waals surface area contributed by atoms with E-state index in [9.17, 15) is 18.5 Å². The number of rotatable bonds is 4. The van der Waals surface area contributed by atoms with E-state index >= 15 is 0 Å². The number of non-ortho nitro benzene ring substituents is 1. The van der Waals surface area contributed by atoms with Crippen LogP contribution < -0.4 is 0 Å². The molecular weight excluding hydrogens is 382 g/mol. The van der Waals surface area contributed by atoms with Gasteiger partial charge in [-0.25, -0.2) is 0 Å². The molecule has 0 radical (unpaired) electrons. The number of benzene rings is 3. The number of aryl methyl sites for hydroxylation is 1. The van der Waals surface area contributed by atoms with Crippen LogP contribution in [0.5, 0.6) is 0 Å². The Morgan fingerprint density at radius 1 is 0.821 bits per heavy atom. The summed E-state index contributed by atoms with van der Waals surface area (Å²) in [6, 6.07) is 21.2. The van der Waals surface area contributed by atoms with Crippen molar-refractivity contribution < 1.29 is 17.9 Å². The van der Waals surface area contributed by atoms with Gasteiger partial charge in [0.1, 0.15) is 0 Å². The second-order valence-electron chi connectivity index (χ2n) is 5.60. The maximum absolute atomic E-state index is 10.5. The second kappa shape index (κ2) is 9.49. The van der Waals surface area contributed by atoms with Crippen LogP contribution in [0.1, 0.15) is 5.56 Å². The second-order valence-corrected chi connectivity index (χ2v) is 7.02. The zero-order valence-electron chi connectivity index (χ0n) is 14.8. The zero-order valence-corrected chi connectivity index (χ0v) is 15.7. The van der Waals surface area contributed by atoms with E-state index in [0.29, 0.717) is 5.69 Å². The largest absolute Gasteiger partial charge is 0.294 e. The van der Waals surface area contributed by atoms with Crippen molar-refractivity contribution in [2.75, 3.05) is 0 Å². The van der Waals surface area contributed by atoms with E-state index in [4.69, 9.17) is 4.55 Å². The molecule has 1 N–H and O–H groups in total. The number of nitro benzene ring substituents is 1. The van der Waals surface area contributed by atoms with Crippen LogP contribution in [-0.2, 0) is 10.1 Å². The zero-order chi connectivity index (χ0) is 20.6. The van der Waals surface area contributed by atoms with Gasteiger partial charge < -0.3 is 0 Å². The topological polar surface area (TPSA) is 122 Å². The fraction of sp³-hybridized carbons (Fsp3) is 0.0526. The third-order valence-corrected chi connectivity index (χ3v) is 4.28. The van der Waals surface area contributed by atoms with E-state index < -0.39 is 15.0 Å². The van der Waals surface area contributed by atoms with Gasteiger partial charge in [0.25, 0.3) is 15.8 Å². The van der Waals surface area contributed by atoms with Crippen molar-refractivity contribution >= 4 is 27.2 Å². The van der Waals surface area contributed by atoms with Crippen LogP contribution in [0.4, 0.5) is 17.1 Å². The van der Waals surface area contributed by atoms with Crippen molar-refractivity contribution in [2.24, 2.45) is 10.2 Å². The molecule has 0 saturated heterocycles. The molecule has 0 unspecified atom stereocenters. The first-order chi connectivity index (χ1) is 13.3. The molecule has 3 aromatic rings. The lowest BCUT2D eigenvalue weighted by atomic mass is 10.2. The molecule has 0 aliphatic rings. The Labute approximate surface area is 162 Å². The third kappa shape index (κ3) is 6.71. The van der Waals surface area contributed by atoms with E-state index in [1.165, 1.54) is 24.3 Å². The van der Waals surface area contributed by atoms with E-state index in [1.54, 1.807) is 24.3 Å². The summed E-state index contributed by atoms with van der Waals surface area (Å²) in [7, 11) is -4.02. The number of hydrogen-bond donors (Lipinski definition) is 1. The highest BCUT2D eigenvalue weighted by molar-refractivity contribution is 7.85. The van der Waals surface area contributed by atoms with Crippen molar-refractivity contribution in [1.29, 1.82) is 0 Å². The molecule has 0 heterocycles. The minimum Gasteiger partial charge on any atom is -0.282 e. The van der Waals surface area contributed by atoms with Crippen molar-refractivity contribution in [1.82, 2.24) is 0 Å². The molecule has 0 fully saturated rings. The van der Waals surface area contributed by atoms with E-state index in [-0.39, 0.29) is 10.6 Å². The Hall–Kier alpha value is -3.43. The Kier molecular flexibility index (Phi) is 7.08. The molecule has 3 aromatic carbocycles. The quantitative estimate of drug-likeness (QED) is 0.278. The van der Waals surface area contributed by atoms with Gasteiger partial charge in [-0.15, -0.1) is 0 Å². The van der Waals surface area contributed by atoms with Crippen molar-refractivity contribution in [3.8, 4) is 0 Å². The van der Waals surface area contributed by atoms with Gasteiger partial charge in [-0.05, 0) is 43.3 Å². The maximum atomic E-state index is 10.5. The average Bonchev–Trinajstić information content (AvgIpc) is 2.68. The normalized spacial score (nSPS) is 10.9. The number of azo groups is 1. The first kappa shape index (κ1) is 20.9. The van der Waals surface area contributed by atoms with Crippen LogP contribution in [0.3, 0.4) is 0 Å². The molecule has 3 rings (SSSR count). The number of hydrogen-bond acceptors (Lipinski definition) is 6. The van der Waals surface area contributed by atoms with Crippen LogP contribution in [0.2, 0.25) is 0 Å². The smallest absolute Gasteiger partial charge is 0.282 e. The Balaban J connectivity index is 0.000000221. The molecule has 0 aliphatic carbocycles. The maximum Gasteiger partial charge on any atom is 0.294 e. The monoisotopic (exact) mass is 399 g/mol. The Morgan fingerprint density at radius 3 is 1.79 bits per heavy atom. The summed E-state index contributed by atoms with van der Waals surface area (Å²) in [5.74, 6) is 0. The van der Waals surface area contributed by atoms with E-state index in [2.05, 4.69) is 10.2 Å². The first-order valence-corrected chi connectivity index (χ1v) is 9.45. The fourth-order valence-corrected chi connectivity index (χ4v) is 2.44. The molecule has 0 spiro atoms. The van der Waals surface area contributed by atoms with Crippen LogP contribution in [-0.4, -0.2) is 17.9 Å². The van der Waals surface area contributed by atoms with Crippen LogP contribution in [0.15, 0.2) is 94.0 Å². The van der Waals surface area contributed by atoms with Crippen molar-refractivity contribution in [2.45, 2.75) is 11.8 Å². The first-order valence-electron chi connectivity index (χ1n) is 8.01. The summed E-state index contributed by atoms with van der Waals surface area (Å²) in [5.41, 5.74) is 2.33. The molecule has 0 aromatic heterocycles. The summed E-state index contributed by atoms with van der Waals surface area (Å²) >= 11 is 0. The average molecular weight is 399 g/mol. The molecule has 0 saturated carbocycles. The number of nitro groups is 1. The molecule has 0 atom stereocenters. The van der Waals surface area contributed by atoms with E-state index in [1.807, 2.05) is 37.3 Å². The lowest BCUT2D eigenvalue weighted by Crippen LogP contribution is -1.96. The molecule has 0 bridgehead atoms. The Bertz CT molecular complexity index is 1050. The van der Waals surface area contributed by atoms with Gasteiger partial charge in [0.2, 0.25) is 0 Å². The minimum atomic E-state index is -4.02. The molecular formula is C19H17N3O5S. The van der Waals surface area contributed by atoms with E-state index in [0.717, 1.165) is 11.3 Å². The fourth-order valence-electron chi connectivity index (χ4n) is 1.96. The predicted molar refractivity (Wildman–Crippen MR) is 105 cm³/mol. The molecule has 28 heavy (non-hydrogen) atoms. The molecule has 0 aliphatic heterocycles. The third-order valence-electron chi connectivity index (χ3n) is 3.42. The molecule has 144 valence electrons. The minimum absolute atomic E-state index is 0.0451. The SMILES string of the molecule is Cc1ccc(S(=O)(=O)O)cc1.O=[N+]([O-])c1ccc(N=Nc2ccccc2)cc1. The van der Waals surface area contributed by atoms with Crippen LogP contribution in [0, 0.1) is 17.0 Å². The highest BCUT2D eigenvalue weighted by atomic mass is 32.2. The predicted octanol–water partition coefficient (Wildman–Crippen LogP) is 5.25. The summed E-state index contributed by atoms with van der Waals surface area (Å²) in [4.78, 5) is 9.93. The summed E-state index contributed by atoms with van der Waals surface area (Å²) in [6.07, 6.45) is 0. The lowest BCUT2D eigenvalue weighted by Gasteiger charge is -1.95. The van der Waals surface area contributed by atoms with Gasteiger partial charge in [0.15, 0.2) is 0 Å². The highest BCUT2D eigenvalue weighted by Gasteiger charge is 2.06. The highest BCUT2D eigenvalue weighted by Crippen LogP contribution is 2.20. The lowest BCUT2D eigenvalue weighted by molar-refractivity contribution is -0.384. The summed E-state index contributed by atoms with van der Waals surface area (Å²) in [5, 5.41) is 18.4. The van der Waals surface area contributed by atoms with Gasteiger partial charge in [-0.1, -0.05) is 35.9 Å². The Morgan fingerprint density at radius 2 is 1.32 bits per heavy atom. The summed E-state index contributed by atoms with van der Waals surface area (Å²) < 4.78 is 29.6. The van der Waals surface area contributed by atoms with Gasteiger partial charge in [-0.2, -0.15) is 18.6 Å². The molecule has 9 heteroatoms. The molecule has 8 nitrogen and oxygen atoms in total.